The molecule has 1 heteroatoms. The molecule has 0 bridgehead atoms. The Morgan fingerprint density at radius 2 is 1.65 bits per heavy atom. The van der Waals surface area contributed by atoms with Crippen LogP contribution in [0.25, 0.3) is 0 Å². The van der Waals surface area contributed by atoms with Gasteiger partial charge >= 0.3 is 0 Å². The van der Waals surface area contributed by atoms with Crippen LogP contribution in [0, 0.1) is 71.0 Å². The highest BCUT2D eigenvalue weighted by Gasteiger charge is 2.51. The molecule has 11 aliphatic rings. The van der Waals surface area contributed by atoms with Crippen molar-refractivity contribution in [3.8, 4) is 0 Å². The third-order valence-corrected chi connectivity index (χ3v) is 16.4. The van der Waals surface area contributed by atoms with E-state index in [2.05, 4.69) is 92.0 Å². The number of fused-ring (bicyclic) bond motifs is 6. The van der Waals surface area contributed by atoms with E-state index in [1.807, 2.05) is 5.57 Å². The lowest BCUT2D eigenvalue weighted by Gasteiger charge is -2.53. The average molecular weight is 689 g/mol. The van der Waals surface area contributed by atoms with Gasteiger partial charge in [0.25, 0.3) is 0 Å². The fraction of sp³-hybridized carbons (Fsp3) is 0.569. The first-order chi connectivity index (χ1) is 25.7. The van der Waals surface area contributed by atoms with Crippen LogP contribution in [0.5, 0.6) is 0 Å². The van der Waals surface area contributed by atoms with Gasteiger partial charge in [0.1, 0.15) is 11.9 Å². The van der Waals surface area contributed by atoms with Gasteiger partial charge in [0.2, 0.25) is 0 Å². The molecule has 0 aromatic heterocycles. The molecule has 1 saturated carbocycles. The van der Waals surface area contributed by atoms with Crippen molar-refractivity contribution < 1.29 is 4.74 Å². The molecule has 1 nitrogen and oxygen atoms in total. The van der Waals surface area contributed by atoms with Gasteiger partial charge in [0.15, 0.2) is 0 Å². The predicted molar refractivity (Wildman–Crippen MR) is 214 cm³/mol. The van der Waals surface area contributed by atoms with Crippen molar-refractivity contribution in [1.82, 2.24) is 0 Å². The first-order valence-electron chi connectivity index (χ1n) is 22.0. The second-order valence-corrected chi connectivity index (χ2v) is 19.0. The maximum Gasteiger partial charge on any atom is 0.111 e. The van der Waals surface area contributed by atoms with Crippen LogP contribution in [0.2, 0.25) is 0 Å². The largest absolute Gasteiger partial charge is 0.493 e. The van der Waals surface area contributed by atoms with Crippen molar-refractivity contribution in [2.24, 2.45) is 71.0 Å². The van der Waals surface area contributed by atoms with E-state index in [-0.39, 0.29) is 0 Å². The first-order valence-corrected chi connectivity index (χ1v) is 22.0. The molecule has 0 amide bonds. The van der Waals surface area contributed by atoms with Crippen molar-refractivity contribution in [2.45, 2.75) is 109 Å². The highest BCUT2D eigenvalue weighted by atomic mass is 16.5. The van der Waals surface area contributed by atoms with Gasteiger partial charge in [-0.15, -0.1) is 0 Å². The molecule has 1 fully saturated rings. The van der Waals surface area contributed by atoms with E-state index in [1.165, 1.54) is 95.7 Å². The van der Waals surface area contributed by atoms with E-state index < -0.39 is 0 Å². The van der Waals surface area contributed by atoms with Crippen LogP contribution < -0.4 is 0 Å². The van der Waals surface area contributed by atoms with Gasteiger partial charge in [-0.05, 0) is 154 Å². The zero-order valence-corrected chi connectivity index (χ0v) is 31.6. The van der Waals surface area contributed by atoms with Crippen molar-refractivity contribution in [3.05, 3.63) is 130 Å². The average Bonchev–Trinajstić information content (AvgIpc) is 3.59. The van der Waals surface area contributed by atoms with Gasteiger partial charge in [-0.2, -0.15) is 0 Å². The minimum atomic E-state index is 0.350. The van der Waals surface area contributed by atoms with Crippen LogP contribution >= 0.6 is 0 Å². The van der Waals surface area contributed by atoms with E-state index in [0.717, 1.165) is 24.2 Å². The van der Waals surface area contributed by atoms with Crippen LogP contribution in [-0.4, -0.2) is 6.10 Å². The maximum absolute atomic E-state index is 6.91. The fourth-order valence-electron chi connectivity index (χ4n) is 14.1. The Labute approximate surface area is 313 Å². The fourth-order valence-corrected chi connectivity index (χ4v) is 14.1. The van der Waals surface area contributed by atoms with Gasteiger partial charge in [0, 0.05) is 35.7 Å². The monoisotopic (exact) mass is 688 g/mol. The summed E-state index contributed by atoms with van der Waals surface area (Å²) in [6, 6.07) is 0. The Balaban J connectivity index is 0.963. The second-order valence-electron chi connectivity index (χ2n) is 19.0. The van der Waals surface area contributed by atoms with Gasteiger partial charge in [-0.25, -0.2) is 0 Å². The van der Waals surface area contributed by atoms with Gasteiger partial charge in [-0.3, -0.25) is 0 Å². The third-order valence-electron chi connectivity index (χ3n) is 16.4. The summed E-state index contributed by atoms with van der Waals surface area (Å²) in [4.78, 5) is 0. The maximum atomic E-state index is 6.91. The van der Waals surface area contributed by atoms with E-state index in [0.29, 0.717) is 59.4 Å². The highest BCUT2D eigenvalue weighted by Crippen LogP contribution is 2.60. The molecular weight excluding hydrogens is 629 g/mol. The number of allylic oxidation sites excluding steroid dienone is 20. The summed E-state index contributed by atoms with van der Waals surface area (Å²) in [5.74, 6) is 9.08. The molecule has 270 valence electrons. The van der Waals surface area contributed by atoms with Gasteiger partial charge in [0.05, 0.1) is 0 Å². The molecular formula is C51H60O. The smallest absolute Gasteiger partial charge is 0.111 e. The molecule has 52 heavy (non-hydrogen) atoms. The Hall–Kier alpha value is -3.06. The van der Waals surface area contributed by atoms with E-state index >= 15 is 0 Å². The van der Waals surface area contributed by atoms with E-state index in [1.54, 1.807) is 33.4 Å². The highest BCUT2D eigenvalue weighted by molar-refractivity contribution is 5.50. The SMILES string of the molecule is CC1C=C(C2C=CC3C(C2)C(C2=CC4C=CCCC4C=C2)C2=C(CCC=C2)C3C2CCC3C=CC=CC3C2)CC2C3=C(CCC4=C3CCCC4)OC12. The van der Waals surface area contributed by atoms with Crippen LogP contribution in [-0.2, 0) is 4.74 Å². The van der Waals surface area contributed by atoms with Crippen LogP contribution in [0.4, 0.5) is 0 Å². The van der Waals surface area contributed by atoms with Crippen molar-refractivity contribution >= 4 is 0 Å². The Kier molecular flexibility index (Phi) is 8.13. The second kappa shape index (κ2) is 13.1. The van der Waals surface area contributed by atoms with Crippen LogP contribution in [0.1, 0.15) is 103 Å². The van der Waals surface area contributed by atoms with Crippen molar-refractivity contribution in [3.63, 3.8) is 0 Å². The van der Waals surface area contributed by atoms with Crippen LogP contribution in [0.3, 0.4) is 0 Å². The summed E-state index contributed by atoms with van der Waals surface area (Å²) in [6.45, 7) is 2.47. The number of rotatable bonds is 3. The Bertz CT molecular complexity index is 1840. The molecule has 0 aromatic carbocycles. The molecule has 0 radical (unpaired) electrons. The third kappa shape index (κ3) is 5.28. The lowest BCUT2D eigenvalue weighted by atomic mass is 9.51. The molecule has 13 atom stereocenters. The molecule has 0 N–H and O–H groups in total. The van der Waals surface area contributed by atoms with Gasteiger partial charge < -0.3 is 4.74 Å². The topological polar surface area (TPSA) is 9.23 Å². The minimum absolute atomic E-state index is 0.350. The zero-order chi connectivity index (χ0) is 34.3. The molecule has 10 aliphatic carbocycles. The number of hydrogen-bond donors (Lipinski definition) is 0. The molecule has 1 heterocycles. The van der Waals surface area contributed by atoms with E-state index in [9.17, 15) is 0 Å². The minimum Gasteiger partial charge on any atom is -0.493 e. The van der Waals surface area contributed by atoms with Crippen molar-refractivity contribution in [2.75, 3.05) is 0 Å². The molecule has 1 aliphatic heterocycles. The molecule has 0 saturated heterocycles. The Morgan fingerprint density at radius 3 is 2.62 bits per heavy atom. The number of hydrogen-bond acceptors (Lipinski definition) is 1. The van der Waals surface area contributed by atoms with E-state index in [4.69, 9.17) is 4.74 Å². The summed E-state index contributed by atoms with van der Waals surface area (Å²) in [7, 11) is 0. The summed E-state index contributed by atoms with van der Waals surface area (Å²) < 4.78 is 6.91. The van der Waals surface area contributed by atoms with Gasteiger partial charge in [-0.1, -0.05) is 109 Å². The normalized spacial score (nSPS) is 44.1. The molecule has 13 unspecified atom stereocenters. The van der Waals surface area contributed by atoms with Crippen molar-refractivity contribution in [1.29, 1.82) is 0 Å². The first kappa shape index (κ1) is 32.4. The summed E-state index contributed by atoms with van der Waals surface area (Å²) in [6.07, 6.45) is 56.0. The summed E-state index contributed by atoms with van der Waals surface area (Å²) >= 11 is 0. The molecule has 0 spiro atoms. The molecule has 11 rings (SSSR count). The van der Waals surface area contributed by atoms with Crippen LogP contribution in [0.15, 0.2) is 130 Å². The molecule has 0 aromatic rings. The summed E-state index contributed by atoms with van der Waals surface area (Å²) in [5, 5.41) is 0. The predicted octanol–water partition coefficient (Wildman–Crippen LogP) is 12.8. The lowest BCUT2D eigenvalue weighted by Crippen LogP contribution is -2.44. The lowest BCUT2D eigenvalue weighted by molar-refractivity contribution is 0.0686. The Morgan fingerprint density at radius 1 is 0.731 bits per heavy atom. The number of ether oxygens (including phenoxy) is 1. The standard InChI is InChI=1S/C51H60O/c1-31-26-40(30-46-50-41-15-7-6-12-34(41)23-25-47(50)52-51(31)46)37-22-24-44-45(29-37)49(39-21-19-33-11-3-5-14-36(33)28-39)43-17-9-8-16-42(43)48(44)38-20-18-32-10-2-4-13-35(32)27-38/h2,4-5,9-10,13-14,17,19,21-22,24,26,28,31-33,35-38,44-46,48-49,51H,3,6-8,11-12,15-16,18,20,23,25,27,29-30H2,1H3. The summed E-state index contributed by atoms with van der Waals surface area (Å²) in [5.41, 5.74) is 12.2. The quantitative estimate of drug-likeness (QED) is 0.268. The zero-order valence-electron chi connectivity index (χ0n) is 31.6.